The topological polar surface area (TPSA) is 105 Å². The number of nitrogens with zero attached hydrogens (tertiary/aromatic N) is 4. The van der Waals surface area contributed by atoms with Crippen LogP contribution in [0.15, 0.2) is 67.1 Å². The Bertz CT molecular complexity index is 1530. The van der Waals surface area contributed by atoms with Gasteiger partial charge in [-0.05, 0) is 37.8 Å². The maximum Gasteiger partial charge on any atom is 0.311 e. The Kier molecular flexibility index (Phi) is 5.53. The molecule has 4 heterocycles. The van der Waals surface area contributed by atoms with Crippen LogP contribution in [-0.4, -0.2) is 49.4 Å². The Morgan fingerprint density at radius 1 is 1.11 bits per heavy atom. The Balaban J connectivity index is 1.38. The summed E-state index contributed by atoms with van der Waals surface area (Å²) < 4.78 is 7.12. The highest BCUT2D eigenvalue weighted by atomic mass is 16.5. The second-order valence-corrected chi connectivity index (χ2v) is 9.62. The molecule has 1 aliphatic carbocycles. The number of aromatic nitrogens is 5. The van der Waals surface area contributed by atoms with Crippen molar-refractivity contribution in [2.75, 3.05) is 13.7 Å². The molecule has 0 saturated heterocycles. The standard InChI is InChI=1S/C28H27N5O3/c1-36-17-28(27(34)35)12-9-19(10-13-28)24-21-11-14-29-25(21)33-26(32-24)22(16-31-33)20-7-8-23(30-15-20)18-5-3-2-4-6-18/h2-8,11,14-16,19,29H,9-10,12-13,17H2,1H3,(H,34,35)/t19-,28+. The number of fused-ring (bicyclic) bond motifs is 3. The van der Waals surface area contributed by atoms with E-state index in [1.807, 2.05) is 65.6 Å². The minimum absolute atomic E-state index is 0.166. The molecule has 182 valence electrons. The zero-order valence-electron chi connectivity index (χ0n) is 20.0. The van der Waals surface area contributed by atoms with Crippen LogP contribution in [0.4, 0.5) is 0 Å². The van der Waals surface area contributed by atoms with E-state index in [1.54, 1.807) is 7.11 Å². The molecule has 2 N–H and O–H groups in total. The number of hydrogen-bond acceptors (Lipinski definition) is 5. The SMILES string of the molecule is COC[C@]1(C(=O)O)CC[C@@H](c2nc3c(-c4ccc(-c5ccccc5)nc4)cnn3c3[nH]ccc32)CC1. The highest BCUT2D eigenvalue weighted by Crippen LogP contribution is 2.45. The van der Waals surface area contributed by atoms with Gasteiger partial charge in [0.1, 0.15) is 5.65 Å². The van der Waals surface area contributed by atoms with Crippen LogP contribution in [0.3, 0.4) is 0 Å². The van der Waals surface area contributed by atoms with Crippen LogP contribution in [0.25, 0.3) is 39.1 Å². The summed E-state index contributed by atoms with van der Waals surface area (Å²) in [7, 11) is 1.57. The van der Waals surface area contributed by atoms with Crippen LogP contribution in [-0.2, 0) is 9.53 Å². The van der Waals surface area contributed by atoms with Crippen molar-refractivity contribution in [1.82, 2.24) is 24.6 Å². The minimum atomic E-state index is -0.819. The summed E-state index contributed by atoms with van der Waals surface area (Å²) >= 11 is 0. The minimum Gasteiger partial charge on any atom is -0.481 e. The number of pyridine rings is 1. The molecular formula is C28H27N5O3. The number of methoxy groups -OCH3 is 1. The van der Waals surface area contributed by atoms with E-state index >= 15 is 0 Å². The smallest absolute Gasteiger partial charge is 0.311 e. The maximum atomic E-state index is 12.0. The molecule has 0 aliphatic heterocycles. The monoisotopic (exact) mass is 481 g/mol. The number of aromatic amines is 1. The number of hydrogen-bond donors (Lipinski definition) is 2. The van der Waals surface area contributed by atoms with E-state index in [1.165, 1.54) is 0 Å². The summed E-state index contributed by atoms with van der Waals surface area (Å²) in [6, 6.07) is 16.2. The fraction of sp³-hybridized carbons (Fsp3) is 0.286. The number of ether oxygens (including phenoxy) is 1. The third-order valence-electron chi connectivity index (χ3n) is 7.53. The molecule has 0 bridgehead atoms. The summed E-state index contributed by atoms with van der Waals surface area (Å²) in [5, 5.41) is 15.5. The van der Waals surface area contributed by atoms with Crippen LogP contribution in [0, 0.1) is 5.41 Å². The number of H-pyrrole nitrogens is 1. The van der Waals surface area contributed by atoms with E-state index < -0.39 is 11.4 Å². The zero-order chi connectivity index (χ0) is 24.7. The predicted molar refractivity (Wildman–Crippen MR) is 137 cm³/mol. The molecule has 0 spiro atoms. The van der Waals surface area contributed by atoms with Gasteiger partial charge in [0, 0.05) is 47.5 Å². The van der Waals surface area contributed by atoms with E-state index in [0.717, 1.165) is 57.6 Å². The van der Waals surface area contributed by atoms with Crippen molar-refractivity contribution in [3.63, 3.8) is 0 Å². The van der Waals surface area contributed by atoms with Crippen molar-refractivity contribution >= 4 is 22.6 Å². The summed E-state index contributed by atoms with van der Waals surface area (Å²) in [5.74, 6) is -0.610. The molecule has 6 rings (SSSR count). The highest BCUT2D eigenvalue weighted by molar-refractivity contribution is 5.86. The third-order valence-corrected chi connectivity index (χ3v) is 7.53. The normalized spacial score (nSPS) is 20.2. The predicted octanol–water partition coefficient (Wildman–Crippen LogP) is 5.31. The van der Waals surface area contributed by atoms with Gasteiger partial charge in [0.25, 0.3) is 0 Å². The molecule has 1 saturated carbocycles. The van der Waals surface area contributed by atoms with Crippen LogP contribution in [0.1, 0.15) is 37.3 Å². The van der Waals surface area contributed by atoms with Gasteiger partial charge in [0.15, 0.2) is 5.65 Å². The van der Waals surface area contributed by atoms with Gasteiger partial charge >= 0.3 is 5.97 Å². The van der Waals surface area contributed by atoms with E-state index in [9.17, 15) is 9.90 Å². The van der Waals surface area contributed by atoms with Crippen molar-refractivity contribution in [2.24, 2.45) is 5.41 Å². The molecule has 0 unspecified atom stereocenters. The Morgan fingerprint density at radius 3 is 2.61 bits per heavy atom. The van der Waals surface area contributed by atoms with Gasteiger partial charge in [0.05, 0.1) is 29.6 Å². The zero-order valence-corrected chi connectivity index (χ0v) is 20.0. The van der Waals surface area contributed by atoms with E-state index in [0.29, 0.717) is 12.8 Å². The lowest BCUT2D eigenvalue weighted by molar-refractivity contribution is -0.155. The molecule has 1 aliphatic rings. The summed E-state index contributed by atoms with van der Waals surface area (Å²) in [4.78, 5) is 25.2. The molecule has 8 heteroatoms. The largest absolute Gasteiger partial charge is 0.481 e. The summed E-state index contributed by atoms with van der Waals surface area (Å²) in [5.41, 5.74) is 5.67. The lowest BCUT2D eigenvalue weighted by Crippen LogP contribution is -2.39. The molecule has 0 atom stereocenters. The van der Waals surface area contributed by atoms with Gasteiger partial charge in [0.2, 0.25) is 0 Å². The Labute approximate surface area is 208 Å². The molecule has 1 aromatic carbocycles. The van der Waals surface area contributed by atoms with E-state index in [-0.39, 0.29) is 12.5 Å². The van der Waals surface area contributed by atoms with Gasteiger partial charge < -0.3 is 14.8 Å². The fourth-order valence-electron chi connectivity index (χ4n) is 5.52. The Hall–Kier alpha value is -4.04. The molecular weight excluding hydrogens is 454 g/mol. The molecule has 0 amide bonds. The molecule has 8 nitrogen and oxygen atoms in total. The van der Waals surface area contributed by atoms with E-state index in [2.05, 4.69) is 21.1 Å². The number of carboxylic acid groups (broad SMARTS) is 1. The quantitative estimate of drug-likeness (QED) is 0.340. The van der Waals surface area contributed by atoms with Crippen molar-refractivity contribution in [2.45, 2.75) is 31.6 Å². The fourth-order valence-corrected chi connectivity index (χ4v) is 5.52. The summed E-state index contributed by atoms with van der Waals surface area (Å²) in [6.45, 7) is 0.236. The van der Waals surface area contributed by atoms with Gasteiger partial charge in [-0.1, -0.05) is 36.4 Å². The van der Waals surface area contributed by atoms with Crippen LogP contribution in [0.2, 0.25) is 0 Å². The van der Waals surface area contributed by atoms with Crippen molar-refractivity contribution in [3.05, 3.63) is 72.8 Å². The maximum absolute atomic E-state index is 12.0. The number of benzene rings is 1. The first-order valence-electron chi connectivity index (χ1n) is 12.2. The Morgan fingerprint density at radius 2 is 1.92 bits per heavy atom. The lowest BCUT2D eigenvalue weighted by atomic mass is 9.70. The first-order valence-corrected chi connectivity index (χ1v) is 12.2. The number of rotatable bonds is 6. The number of carbonyl (C=O) groups is 1. The first-order chi connectivity index (χ1) is 17.6. The van der Waals surface area contributed by atoms with Crippen LogP contribution >= 0.6 is 0 Å². The number of carboxylic acids is 1. The molecule has 0 radical (unpaired) electrons. The third kappa shape index (κ3) is 3.65. The van der Waals surface area contributed by atoms with Gasteiger partial charge in [-0.15, -0.1) is 0 Å². The van der Waals surface area contributed by atoms with Crippen LogP contribution < -0.4 is 0 Å². The van der Waals surface area contributed by atoms with Crippen molar-refractivity contribution in [1.29, 1.82) is 0 Å². The molecule has 5 aromatic rings. The average Bonchev–Trinajstić information content (AvgIpc) is 3.57. The number of aliphatic carboxylic acids is 1. The average molecular weight is 482 g/mol. The molecule has 36 heavy (non-hydrogen) atoms. The van der Waals surface area contributed by atoms with Crippen molar-refractivity contribution in [3.8, 4) is 22.4 Å². The highest BCUT2D eigenvalue weighted by Gasteiger charge is 2.43. The second-order valence-electron chi connectivity index (χ2n) is 9.62. The van der Waals surface area contributed by atoms with Gasteiger partial charge in [-0.25, -0.2) is 4.98 Å². The van der Waals surface area contributed by atoms with Gasteiger partial charge in [-0.3, -0.25) is 9.78 Å². The second kappa shape index (κ2) is 8.87. The molecule has 4 aromatic heterocycles. The van der Waals surface area contributed by atoms with E-state index in [4.69, 9.17) is 9.72 Å². The van der Waals surface area contributed by atoms with Crippen LogP contribution in [0.5, 0.6) is 0 Å². The molecule has 1 fully saturated rings. The lowest BCUT2D eigenvalue weighted by Gasteiger charge is -2.36. The van der Waals surface area contributed by atoms with Crippen molar-refractivity contribution < 1.29 is 14.6 Å². The van der Waals surface area contributed by atoms with Gasteiger partial charge in [-0.2, -0.15) is 9.61 Å². The first kappa shape index (κ1) is 22.4. The number of nitrogens with one attached hydrogen (secondary N) is 1. The summed E-state index contributed by atoms with van der Waals surface area (Å²) in [6.07, 6.45) is 8.23.